The SMILES string of the molecule is CS(=O)(=O)[N-]S(C)(=O)=O.CS(=O)(=O)[O-].O=S1(=O)[N-]S(=O)(=O)C(F)(F)CC1(F)F. The summed E-state index contributed by atoms with van der Waals surface area (Å²) >= 11 is 0. The van der Waals surface area contributed by atoms with Gasteiger partial charge in [0.05, 0.1) is 30.2 Å². The number of hydrogen-bond donors (Lipinski definition) is 0. The van der Waals surface area contributed by atoms with E-state index in [1.807, 2.05) is 0 Å². The van der Waals surface area contributed by atoms with E-state index in [1.165, 1.54) is 4.13 Å². The molecule has 13 nitrogen and oxygen atoms in total. The standard InChI is InChI=1S/C3H2F4NO4S2.C2H6NO4S2.CH4O3S/c4-2(5)1-3(6,7)14(11,12)8-13(2,9)10;1-8(4,5)3-9(2,6)7;1-5(2,3)4/h1H2;1-2H3;1H3,(H,2,3,4)/q2*-1;/p-1. The molecule has 0 aromatic heterocycles. The van der Waals surface area contributed by atoms with Crippen LogP contribution < -0.4 is 0 Å². The lowest BCUT2D eigenvalue weighted by Crippen LogP contribution is -2.46. The Morgan fingerprint density at radius 2 is 1.00 bits per heavy atom. The van der Waals surface area contributed by atoms with E-state index in [-0.39, 0.29) is 0 Å². The molecule has 22 heteroatoms. The van der Waals surface area contributed by atoms with Crippen LogP contribution in [0.15, 0.2) is 0 Å². The molecule has 28 heavy (non-hydrogen) atoms. The first-order valence-corrected chi connectivity index (χ1v) is 14.1. The van der Waals surface area contributed by atoms with E-state index in [9.17, 15) is 51.2 Å². The van der Waals surface area contributed by atoms with Gasteiger partial charge in [-0.3, -0.25) is 0 Å². The summed E-state index contributed by atoms with van der Waals surface area (Å²) in [7, 11) is -22.8. The predicted molar refractivity (Wildman–Crippen MR) is 84.4 cm³/mol. The van der Waals surface area contributed by atoms with Gasteiger partial charge in [0.1, 0.15) is 26.5 Å². The minimum absolute atomic E-state index is 0.604. The summed E-state index contributed by atoms with van der Waals surface area (Å²) in [4.78, 5) is 0. The minimum Gasteiger partial charge on any atom is -0.748 e. The van der Waals surface area contributed by atoms with E-state index in [2.05, 4.69) is 4.13 Å². The zero-order chi connectivity index (χ0) is 23.6. The van der Waals surface area contributed by atoms with Gasteiger partial charge in [-0.1, -0.05) is 0 Å². The summed E-state index contributed by atoms with van der Waals surface area (Å²) in [5, 5.41) is -9.72. The van der Waals surface area contributed by atoms with Gasteiger partial charge in [0.15, 0.2) is 0 Å². The number of rotatable bonds is 2. The van der Waals surface area contributed by atoms with Crippen molar-refractivity contribution in [3.05, 3.63) is 8.25 Å². The third-order valence-electron chi connectivity index (χ3n) is 1.63. The Morgan fingerprint density at radius 3 is 1.11 bits per heavy atom. The van der Waals surface area contributed by atoms with Crippen molar-refractivity contribution in [2.75, 3.05) is 18.8 Å². The lowest BCUT2D eigenvalue weighted by Gasteiger charge is -2.37. The smallest absolute Gasteiger partial charge is 0.336 e. The molecule has 0 N–H and O–H groups in total. The second-order valence-corrected chi connectivity index (χ2v) is 13.3. The van der Waals surface area contributed by atoms with Crippen LogP contribution in [0.5, 0.6) is 0 Å². The van der Waals surface area contributed by atoms with Crippen LogP contribution in [0, 0.1) is 0 Å². The summed E-state index contributed by atoms with van der Waals surface area (Å²) in [5.41, 5.74) is 0. The van der Waals surface area contributed by atoms with E-state index < -0.39 is 67.1 Å². The monoisotopic (exact) mass is 523 g/mol. The molecule has 0 amide bonds. The maximum Gasteiger partial charge on any atom is 0.336 e. The highest BCUT2D eigenvalue weighted by atomic mass is 32.3. The van der Waals surface area contributed by atoms with Crippen LogP contribution in [0.25, 0.3) is 8.25 Å². The van der Waals surface area contributed by atoms with Gasteiger partial charge in [0, 0.05) is 18.8 Å². The molecule has 0 radical (unpaired) electrons. The van der Waals surface area contributed by atoms with Gasteiger partial charge in [-0.25, -0.2) is 42.1 Å². The quantitative estimate of drug-likeness (QED) is 0.317. The number of alkyl halides is 4. The Kier molecular flexibility index (Phi) is 9.09. The van der Waals surface area contributed by atoms with Crippen LogP contribution in [0.4, 0.5) is 17.6 Å². The van der Waals surface area contributed by atoms with Gasteiger partial charge in [0.25, 0.3) is 0 Å². The molecule has 0 aromatic carbocycles. The average molecular weight is 523 g/mol. The van der Waals surface area contributed by atoms with Crippen LogP contribution in [-0.2, 0) is 50.2 Å². The van der Waals surface area contributed by atoms with Crippen molar-refractivity contribution in [2.24, 2.45) is 0 Å². The van der Waals surface area contributed by atoms with E-state index in [0.717, 1.165) is 0 Å². The van der Waals surface area contributed by atoms with Crippen LogP contribution in [0.2, 0.25) is 0 Å². The lowest BCUT2D eigenvalue weighted by molar-refractivity contribution is -0.0169. The highest BCUT2D eigenvalue weighted by molar-refractivity contribution is 8.13. The molecular weight excluding hydrogens is 512 g/mol. The van der Waals surface area contributed by atoms with Crippen LogP contribution in [0.3, 0.4) is 0 Å². The molecule has 1 rings (SSSR count). The van der Waals surface area contributed by atoms with Crippen molar-refractivity contribution in [2.45, 2.75) is 16.9 Å². The Morgan fingerprint density at radius 1 is 0.786 bits per heavy atom. The van der Waals surface area contributed by atoms with Gasteiger partial charge in [0.2, 0.25) is 0 Å². The Labute approximate surface area is 158 Å². The third-order valence-corrected chi connectivity index (χ3v) is 7.17. The maximum atomic E-state index is 12.4. The van der Waals surface area contributed by atoms with E-state index in [1.54, 1.807) is 0 Å². The molecule has 1 fully saturated rings. The first-order valence-electron chi connectivity index (χ1n) is 5.66. The highest BCUT2D eigenvalue weighted by Gasteiger charge is 2.58. The first kappa shape index (κ1) is 29.6. The zero-order valence-corrected chi connectivity index (χ0v) is 17.7. The molecule has 0 aliphatic carbocycles. The van der Waals surface area contributed by atoms with Crippen LogP contribution >= 0.6 is 0 Å². The molecule has 1 aliphatic rings. The summed E-state index contributed by atoms with van der Waals surface area (Å²) < 4.78 is 163. The summed E-state index contributed by atoms with van der Waals surface area (Å²) in [6, 6.07) is 0. The molecule has 0 saturated carbocycles. The van der Waals surface area contributed by atoms with Gasteiger partial charge in [-0.15, -0.1) is 0 Å². The highest BCUT2D eigenvalue weighted by Crippen LogP contribution is 2.48. The fraction of sp³-hybridized carbons (Fsp3) is 1.00. The fourth-order valence-corrected chi connectivity index (χ4v) is 5.60. The largest absolute Gasteiger partial charge is 0.748 e. The van der Waals surface area contributed by atoms with Gasteiger partial charge < -0.3 is 12.8 Å². The number of hydrogen-bond acceptors (Lipinski definition) is 11. The molecule has 172 valence electrons. The third kappa shape index (κ3) is 12.0. The zero-order valence-electron chi connectivity index (χ0n) is 13.6. The van der Waals surface area contributed by atoms with E-state index in [0.29, 0.717) is 18.8 Å². The van der Waals surface area contributed by atoms with Crippen molar-refractivity contribution in [3.63, 3.8) is 0 Å². The molecule has 0 spiro atoms. The molecule has 0 unspecified atom stereocenters. The van der Waals surface area contributed by atoms with Crippen molar-refractivity contribution < 1.29 is 64.2 Å². The van der Waals surface area contributed by atoms with Crippen LogP contribution in [-0.4, -0.2) is 75.9 Å². The summed E-state index contributed by atoms with van der Waals surface area (Å²) in [6.45, 7) is 0. The topological polar surface area (TPSA) is 222 Å². The van der Waals surface area contributed by atoms with Gasteiger partial charge >= 0.3 is 10.5 Å². The van der Waals surface area contributed by atoms with E-state index >= 15 is 0 Å². The second-order valence-electron chi connectivity index (χ2n) is 4.72. The van der Waals surface area contributed by atoms with Crippen molar-refractivity contribution in [3.8, 4) is 0 Å². The molecule has 1 saturated heterocycles. The molecular formula is C6H11F4N2O11S5-3. The molecule has 0 atom stereocenters. The first-order chi connectivity index (χ1) is 11.6. The van der Waals surface area contributed by atoms with E-state index in [4.69, 9.17) is 13.0 Å². The molecule has 0 aromatic rings. The number of sulfonamides is 4. The van der Waals surface area contributed by atoms with Crippen molar-refractivity contribution >= 4 is 50.2 Å². The number of halogens is 4. The Balaban J connectivity index is 0. The lowest BCUT2D eigenvalue weighted by atomic mass is 10.4. The molecule has 1 heterocycles. The Bertz CT molecular complexity index is 1010. The summed E-state index contributed by atoms with van der Waals surface area (Å²) in [5.74, 6) is 0. The fourth-order valence-electron chi connectivity index (χ4n) is 0.906. The molecule has 0 bridgehead atoms. The normalized spacial score (nSPS) is 22.6. The number of nitrogens with zero attached hydrogens (tertiary/aromatic N) is 2. The summed E-state index contributed by atoms with van der Waals surface area (Å²) in [6.07, 6.45) is -0.566. The van der Waals surface area contributed by atoms with Crippen LogP contribution in [0.1, 0.15) is 6.42 Å². The Hall–Kier alpha value is -0.650. The maximum absolute atomic E-state index is 12.4. The van der Waals surface area contributed by atoms with Crippen molar-refractivity contribution in [1.29, 1.82) is 0 Å². The predicted octanol–water partition coefficient (Wildman–Crippen LogP) is -0.950. The average Bonchev–Trinajstić information content (AvgIpc) is 2.15. The van der Waals surface area contributed by atoms with Gasteiger partial charge in [-0.05, 0) is 0 Å². The van der Waals surface area contributed by atoms with Crippen molar-refractivity contribution in [1.82, 2.24) is 0 Å². The molecule has 1 aliphatic heterocycles. The second kappa shape index (κ2) is 8.61. The minimum atomic E-state index is -5.72. The van der Waals surface area contributed by atoms with Gasteiger partial charge in [-0.2, -0.15) is 17.6 Å².